The van der Waals surface area contributed by atoms with Gasteiger partial charge in [-0.15, -0.1) is 0 Å². The van der Waals surface area contributed by atoms with Crippen LogP contribution in [-0.2, 0) is 9.59 Å². The SMILES string of the molecule is Cc1ccc(N2NC3(C(=O)NN(c4ccccc4)C3=O)C(C#N)=C2O)cc1. The van der Waals surface area contributed by atoms with E-state index >= 15 is 0 Å². The predicted octanol–water partition coefficient (Wildman–Crippen LogP) is 1.43. The molecule has 134 valence electrons. The predicted molar refractivity (Wildman–Crippen MR) is 96.9 cm³/mol. The highest BCUT2D eigenvalue weighted by Gasteiger charge is 2.64. The normalized spacial score (nSPS) is 21.8. The lowest BCUT2D eigenvalue weighted by atomic mass is 9.91. The van der Waals surface area contributed by atoms with Gasteiger partial charge in [0, 0.05) is 0 Å². The van der Waals surface area contributed by atoms with Gasteiger partial charge in [-0.1, -0.05) is 35.9 Å². The van der Waals surface area contributed by atoms with Crippen LogP contribution in [0.1, 0.15) is 5.56 Å². The zero-order valence-corrected chi connectivity index (χ0v) is 14.3. The number of nitrogens with one attached hydrogen (secondary N) is 2. The first-order valence-electron chi connectivity index (χ1n) is 8.18. The number of aryl methyl sites for hydroxylation is 1. The Balaban J connectivity index is 1.78. The van der Waals surface area contributed by atoms with Crippen LogP contribution in [0.3, 0.4) is 0 Å². The van der Waals surface area contributed by atoms with E-state index in [0.717, 1.165) is 10.6 Å². The number of hydrogen-bond donors (Lipinski definition) is 3. The third kappa shape index (κ3) is 2.26. The molecular weight excluding hydrogens is 346 g/mol. The Labute approximate surface area is 154 Å². The number of carbonyl (C=O) groups is 2. The van der Waals surface area contributed by atoms with E-state index in [2.05, 4.69) is 10.9 Å². The summed E-state index contributed by atoms with van der Waals surface area (Å²) in [5.74, 6) is -1.93. The summed E-state index contributed by atoms with van der Waals surface area (Å²) in [6, 6.07) is 17.4. The third-order valence-electron chi connectivity index (χ3n) is 4.59. The lowest BCUT2D eigenvalue weighted by molar-refractivity contribution is -0.128. The van der Waals surface area contributed by atoms with Gasteiger partial charge in [-0.2, -0.15) is 10.7 Å². The summed E-state index contributed by atoms with van der Waals surface area (Å²) >= 11 is 0. The summed E-state index contributed by atoms with van der Waals surface area (Å²) < 4.78 is 0. The second-order valence-electron chi connectivity index (χ2n) is 6.26. The molecule has 1 unspecified atom stereocenters. The number of nitriles is 1. The van der Waals surface area contributed by atoms with Gasteiger partial charge in [-0.3, -0.25) is 15.0 Å². The first-order chi connectivity index (χ1) is 13.0. The number of aliphatic hydroxyl groups excluding tert-OH is 1. The van der Waals surface area contributed by atoms with E-state index in [4.69, 9.17) is 0 Å². The number of nitrogens with zero attached hydrogens (tertiary/aromatic N) is 3. The zero-order chi connectivity index (χ0) is 19.2. The highest BCUT2D eigenvalue weighted by molar-refractivity contribution is 6.25. The molecule has 0 aliphatic carbocycles. The maximum Gasteiger partial charge on any atom is 0.283 e. The molecule has 0 bridgehead atoms. The van der Waals surface area contributed by atoms with E-state index in [9.17, 15) is 20.0 Å². The maximum atomic E-state index is 13.1. The fraction of sp³-hybridized carbons (Fsp3) is 0.105. The van der Waals surface area contributed by atoms with Crippen LogP contribution < -0.4 is 20.9 Å². The van der Waals surface area contributed by atoms with Crippen molar-refractivity contribution < 1.29 is 14.7 Å². The number of aliphatic hydroxyl groups is 1. The zero-order valence-electron chi connectivity index (χ0n) is 14.3. The maximum absolute atomic E-state index is 13.1. The Morgan fingerprint density at radius 3 is 2.26 bits per heavy atom. The number of hydrogen-bond acceptors (Lipinski definition) is 6. The minimum Gasteiger partial charge on any atom is -0.493 e. The van der Waals surface area contributed by atoms with Gasteiger partial charge < -0.3 is 5.11 Å². The Bertz CT molecular complexity index is 1010. The van der Waals surface area contributed by atoms with Gasteiger partial charge in [0.05, 0.1) is 11.4 Å². The summed E-state index contributed by atoms with van der Waals surface area (Å²) in [6.07, 6.45) is 0. The van der Waals surface area contributed by atoms with E-state index in [1.165, 1.54) is 5.01 Å². The van der Waals surface area contributed by atoms with Crippen molar-refractivity contribution in [2.24, 2.45) is 0 Å². The molecule has 2 aromatic carbocycles. The van der Waals surface area contributed by atoms with Gasteiger partial charge in [0.15, 0.2) is 0 Å². The first kappa shape index (κ1) is 16.6. The molecule has 2 amide bonds. The summed E-state index contributed by atoms with van der Waals surface area (Å²) in [6.45, 7) is 1.91. The lowest BCUT2D eigenvalue weighted by Gasteiger charge is -2.24. The number of anilines is 2. The van der Waals surface area contributed by atoms with Crippen LogP contribution in [0.15, 0.2) is 66.1 Å². The highest BCUT2D eigenvalue weighted by Crippen LogP contribution is 2.37. The Morgan fingerprint density at radius 2 is 1.63 bits per heavy atom. The van der Waals surface area contributed by atoms with E-state index in [1.807, 2.05) is 25.1 Å². The average molecular weight is 361 g/mol. The van der Waals surface area contributed by atoms with Crippen LogP contribution in [0.2, 0.25) is 0 Å². The first-order valence-corrected chi connectivity index (χ1v) is 8.18. The second kappa shape index (κ2) is 5.86. The van der Waals surface area contributed by atoms with E-state index in [-0.39, 0.29) is 5.57 Å². The van der Waals surface area contributed by atoms with Gasteiger partial charge >= 0.3 is 0 Å². The standard InChI is InChI=1S/C19H15N5O3/c1-12-7-9-14(10-8-12)23-16(25)15(11-20)19(22-23)17(26)21-24(18(19)27)13-5-3-2-4-6-13/h2-10,22,25H,1H3,(H,21,26). The largest absolute Gasteiger partial charge is 0.493 e. The van der Waals surface area contributed by atoms with E-state index in [1.54, 1.807) is 42.5 Å². The molecule has 8 nitrogen and oxygen atoms in total. The molecule has 2 aliphatic heterocycles. The van der Waals surface area contributed by atoms with Crippen LogP contribution in [0.25, 0.3) is 0 Å². The van der Waals surface area contributed by atoms with Crippen LogP contribution in [0, 0.1) is 18.3 Å². The van der Waals surface area contributed by atoms with Crippen LogP contribution >= 0.6 is 0 Å². The van der Waals surface area contributed by atoms with Crippen molar-refractivity contribution in [3.63, 3.8) is 0 Å². The molecule has 1 saturated heterocycles. The molecule has 1 spiro atoms. The molecule has 2 aromatic rings. The van der Waals surface area contributed by atoms with Crippen molar-refractivity contribution in [1.82, 2.24) is 10.9 Å². The quantitative estimate of drug-likeness (QED) is 0.698. The van der Waals surface area contributed by atoms with Crippen molar-refractivity contribution in [3.05, 3.63) is 71.6 Å². The summed E-state index contributed by atoms with van der Waals surface area (Å²) in [5.41, 5.74) is 4.76. The van der Waals surface area contributed by atoms with E-state index in [0.29, 0.717) is 11.4 Å². The van der Waals surface area contributed by atoms with E-state index < -0.39 is 23.2 Å². The minimum absolute atomic E-state index is 0.357. The summed E-state index contributed by atoms with van der Waals surface area (Å²) in [5, 5.41) is 22.4. The number of hydrazine groups is 2. The number of amides is 2. The van der Waals surface area contributed by atoms with Gasteiger partial charge in [0.2, 0.25) is 11.4 Å². The lowest BCUT2D eigenvalue weighted by Crippen LogP contribution is -2.58. The molecule has 0 aromatic heterocycles. The minimum atomic E-state index is -2.03. The molecule has 8 heteroatoms. The molecule has 1 atom stereocenters. The molecule has 1 fully saturated rings. The summed E-state index contributed by atoms with van der Waals surface area (Å²) in [7, 11) is 0. The summed E-state index contributed by atoms with van der Waals surface area (Å²) in [4.78, 5) is 25.9. The molecule has 2 aliphatic rings. The Kier molecular flexibility index (Phi) is 3.61. The molecule has 4 rings (SSSR count). The number of rotatable bonds is 2. The van der Waals surface area contributed by atoms with Crippen molar-refractivity contribution in [3.8, 4) is 6.07 Å². The third-order valence-corrected chi connectivity index (χ3v) is 4.59. The van der Waals surface area contributed by atoms with Crippen molar-refractivity contribution in [2.75, 3.05) is 10.0 Å². The smallest absolute Gasteiger partial charge is 0.283 e. The second-order valence-corrected chi connectivity index (χ2v) is 6.26. The molecule has 0 radical (unpaired) electrons. The Hall–Kier alpha value is -3.83. The topological polar surface area (TPSA) is 109 Å². The number of para-hydroxylation sites is 1. The van der Waals surface area contributed by atoms with Crippen molar-refractivity contribution >= 4 is 23.2 Å². The van der Waals surface area contributed by atoms with Gasteiger partial charge in [-0.05, 0) is 31.2 Å². The monoisotopic (exact) mass is 361 g/mol. The van der Waals surface area contributed by atoms with Crippen LogP contribution in [-0.4, -0.2) is 22.5 Å². The molecule has 2 heterocycles. The molecule has 27 heavy (non-hydrogen) atoms. The average Bonchev–Trinajstić information content (AvgIpc) is 3.12. The fourth-order valence-electron chi connectivity index (χ4n) is 3.15. The molecule has 0 saturated carbocycles. The number of benzene rings is 2. The number of carbonyl (C=O) groups excluding carboxylic acids is 2. The molecular formula is C19H15N5O3. The van der Waals surface area contributed by atoms with Gasteiger partial charge in [0.25, 0.3) is 11.8 Å². The van der Waals surface area contributed by atoms with Gasteiger partial charge in [0.1, 0.15) is 11.6 Å². The molecule has 3 N–H and O–H groups in total. The highest BCUT2D eigenvalue weighted by atomic mass is 16.3. The van der Waals surface area contributed by atoms with Gasteiger partial charge in [-0.25, -0.2) is 10.0 Å². The van der Waals surface area contributed by atoms with Crippen molar-refractivity contribution in [1.29, 1.82) is 5.26 Å². The van der Waals surface area contributed by atoms with Crippen LogP contribution in [0.5, 0.6) is 0 Å². The fourth-order valence-corrected chi connectivity index (χ4v) is 3.15. The van der Waals surface area contributed by atoms with Crippen molar-refractivity contribution in [2.45, 2.75) is 12.5 Å². The Morgan fingerprint density at radius 1 is 1.00 bits per heavy atom. The van der Waals surface area contributed by atoms with Crippen LogP contribution in [0.4, 0.5) is 11.4 Å².